The number of rotatable bonds is 6. The zero-order valence-corrected chi connectivity index (χ0v) is 10.2. The molecule has 2 unspecified atom stereocenters. The first-order chi connectivity index (χ1) is 8.60. The van der Waals surface area contributed by atoms with E-state index in [1.165, 1.54) is 0 Å². The Kier molecular flexibility index (Phi) is 5.77. The Morgan fingerprint density at radius 1 is 1.33 bits per heavy atom. The fraction of sp³-hybridized carbons (Fsp3) is 0.462. The Morgan fingerprint density at radius 3 is 2.61 bits per heavy atom. The zero-order chi connectivity index (χ0) is 13.5. The molecule has 0 aliphatic heterocycles. The average Bonchev–Trinajstić information content (AvgIpc) is 2.38. The molecule has 0 amide bonds. The molecule has 0 saturated carbocycles. The van der Waals surface area contributed by atoms with Crippen LogP contribution < -0.4 is 0 Å². The van der Waals surface area contributed by atoms with Gasteiger partial charge in [0.15, 0.2) is 0 Å². The van der Waals surface area contributed by atoms with E-state index < -0.39 is 18.2 Å². The molecule has 0 aliphatic rings. The molecular weight excluding hydrogens is 236 g/mol. The summed E-state index contributed by atoms with van der Waals surface area (Å²) in [4.78, 5) is 11.2. The lowest BCUT2D eigenvalue weighted by atomic mass is 9.97. The molecule has 5 heteroatoms. The minimum atomic E-state index is -1.25. The van der Waals surface area contributed by atoms with Crippen LogP contribution in [-0.2, 0) is 16.1 Å². The van der Waals surface area contributed by atoms with Crippen LogP contribution in [0, 0.1) is 0 Å². The monoisotopic (exact) mass is 254 g/mol. The van der Waals surface area contributed by atoms with Gasteiger partial charge >= 0.3 is 5.97 Å². The van der Waals surface area contributed by atoms with Gasteiger partial charge in [-0.3, -0.25) is 4.79 Å². The van der Waals surface area contributed by atoms with Crippen molar-refractivity contribution in [1.29, 1.82) is 0 Å². The van der Waals surface area contributed by atoms with E-state index in [1.54, 1.807) is 31.2 Å². The third kappa shape index (κ3) is 3.80. The molecule has 1 rings (SSSR count). The predicted octanol–water partition coefficient (Wildman–Crippen LogP) is 0.526. The van der Waals surface area contributed by atoms with Crippen molar-refractivity contribution in [3.8, 4) is 0 Å². The summed E-state index contributed by atoms with van der Waals surface area (Å²) < 4.78 is 4.70. The van der Waals surface area contributed by atoms with E-state index in [1.807, 2.05) is 0 Å². The van der Waals surface area contributed by atoms with Crippen molar-refractivity contribution in [2.45, 2.75) is 32.2 Å². The second kappa shape index (κ2) is 7.10. The van der Waals surface area contributed by atoms with Crippen LogP contribution in [0.2, 0.25) is 0 Å². The molecule has 0 aliphatic carbocycles. The molecule has 0 radical (unpaired) electrons. The lowest BCUT2D eigenvalue weighted by Crippen LogP contribution is -2.24. The molecule has 0 fully saturated rings. The molecule has 0 bridgehead atoms. The molecule has 0 spiro atoms. The van der Waals surface area contributed by atoms with Crippen molar-refractivity contribution in [2.24, 2.45) is 0 Å². The van der Waals surface area contributed by atoms with Crippen molar-refractivity contribution in [3.05, 3.63) is 35.4 Å². The highest BCUT2D eigenvalue weighted by atomic mass is 16.5. The Bertz CT molecular complexity index is 391. The Morgan fingerprint density at radius 2 is 2.00 bits per heavy atom. The quantitative estimate of drug-likeness (QED) is 0.644. The van der Waals surface area contributed by atoms with Gasteiger partial charge in [-0.15, -0.1) is 0 Å². The van der Waals surface area contributed by atoms with Gasteiger partial charge in [0.25, 0.3) is 0 Å². The topological polar surface area (TPSA) is 87.0 Å². The predicted molar refractivity (Wildman–Crippen MR) is 64.6 cm³/mol. The van der Waals surface area contributed by atoms with Gasteiger partial charge in [-0.05, 0) is 18.1 Å². The number of carbonyl (C=O) groups is 1. The van der Waals surface area contributed by atoms with Crippen molar-refractivity contribution >= 4 is 5.97 Å². The molecule has 5 nitrogen and oxygen atoms in total. The SMILES string of the molecule is CCOC(=O)CC(O)C(O)c1ccccc1CO. The summed E-state index contributed by atoms with van der Waals surface area (Å²) >= 11 is 0. The van der Waals surface area contributed by atoms with Crippen LogP contribution in [0.1, 0.15) is 30.6 Å². The summed E-state index contributed by atoms with van der Waals surface area (Å²) in [5.41, 5.74) is 0.935. The summed E-state index contributed by atoms with van der Waals surface area (Å²) in [5, 5.41) is 28.8. The summed E-state index contributed by atoms with van der Waals surface area (Å²) in [5.74, 6) is -0.564. The van der Waals surface area contributed by atoms with Crippen molar-refractivity contribution < 1.29 is 24.9 Å². The smallest absolute Gasteiger partial charge is 0.308 e. The van der Waals surface area contributed by atoms with Gasteiger partial charge in [-0.25, -0.2) is 0 Å². The minimum absolute atomic E-state index is 0.231. The summed E-state index contributed by atoms with van der Waals surface area (Å²) in [6, 6.07) is 6.66. The normalized spacial score (nSPS) is 14.0. The molecule has 3 N–H and O–H groups in total. The Balaban J connectivity index is 2.73. The number of ether oxygens (including phenoxy) is 1. The van der Waals surface area contributed by atoms with Gasteiger partial charge in [-0.2, -0.15) is 0 Å². The van der Waals surface area contributed by atoms with Crippen LogP contribution >= 0.6 is 0 Å². The first-order valence-electron chi connectivity index (χ1n) is 5.80. The molecule has 0 heterocycles. The lowest BCUT2D eigenvalue weighted by Gasteiger charge is -2.19. The number of hydrogen-bond acceptors (Lipinski definition) is 5. The van der Waals surface area contributed by atoms with Gasteiger partial charge in [0.1, 0.15) is 6.10 Å². The highest BCUT2D eigenvalue weighted by Gasteiger charge is 2.23. The molecule has 1 aromatic carbocycles. The maximum atomic E-state index is 11.2. The van der Waals surface area contributed by atoms with Crippen LogP contribution in [0.5, 0.6) is 0 Å². The Hall–Kier alpha value is -1.43. The van der Waals surface area contributed by atoms with Crippen LogP contribution in [0.3, 0.4) is 0 Å². The highest BCUT2D eigenvalue weighted by Crippen LogP contribution is 2.23. The standard InChI is InChI=1S/C13H18O5/c1-2-18-12(16)7-11(15)13(17)10-6-4-3-5-9(10)8-14/h3-6,11,13-15,17H,2,7-8H2,1H3. The fourth-order valence-electron chi connectivity index (χ4n) is 1.68. The third-order valence-electron chi connectivity index (χ3n) is 2.59. The number of aliphatic hydroxyl groups excluding tert-OH is 3. The van der Waals surface area contributed by atoms with E-state index in [4.69, 9.17) is 9.84 Å². The van der Waals surface area contributed by atoms with Crippen LogP contribution in [0.4, 0.5) is 0 Å². The maximum absolute atomic E-state index is 11.2. The number of aliphatic hydroxyl groups is 3. The first kappa shape index (κ1) is 14.6. The van der Waals surface area contributed by atoms with Crippen molar-refractivity contribution in [3.63, 3.8) is 0 Å². The van der Waals surface area contributed by atoms with Gasteiger partial charge in [0, 0.05) is 0 Å². The van der Waals surface area contributed by atoms with Crippen LogP contribution in [0.25, 0.3) is 0 Å². The average molecular weight is 254 g/mol. The molecular formula is C13H18O5. The summed E-state index contributed by atoms with van der Waals surface area (Å²) in [6.45, 7) is 1.66. The van der Waals surface area contributed by atoms with E-state index in [0.29, 0.717) is 11.1 Å². The van der Waals surface area contributed by atoms with Gasteiger partial charge in [0.2, 0.25) is 0 Å². The minimum Gasteiger partial charge on any atom is -0.466 e. The number of benzene rings is 1. The molecule has 0 aromatic heterocycles. The van der Waals surface area contributed by atoms with E-state index in [0.717, 1.165) is 0 Å². The second-order valence-corrected chi connectivity index (χ2v) is 3.88. The lowest BCUT2D eigenvalue weighted by molar-refractivity contribution is -0.147. The fourth-order valence-corrected chi connectivity index (χ4v) is 1.68. The molecule has 2 atom stereocenters. The molecule has 18 heavy (non-hydrogen) atoms. The number of esters is 1. The second-order valence-electron chi connectivity index (χ2n) is 3.88. The van der Waals surface area contributed by atoms with Crippen LogP contribution in [0.15, 0.2) is 24.3 Å². The first-order valence-corrected chi connectivity index (χ1v) is 5.80. The summed E-state index contributed by atoms with van der Waals surface area (Å²) in [6.07, 6.45) is -2.76. The molecule has 100 valence electrons. The van der Waals surface area contributed by atoms with Crippen molar-refractivity contribution in [1.82, 2.24) is 0 Å². The van der Waals surface area contributed by atoms with Gasteiger partial charge in [-0.1, -0.05) is 24.3 Å². The van der Waals surface area contributed by atoms with E-state index in [2.05, 4.69) is 0 Å². The molecule has 0 saturated heterocycles. The number of carbonyl (C=O) groups excluding carboxylic acids is 1. The van der Waals surface area contributed by atoms with Crippen molar-refractivity contribution in [2.75, 3.05) is 6.61 Å². The van der Waals surface area contributed by atoms with Gasteiger partial charge in [0.05, 0.1) is 25.7 Å². The third-order valence-corrected chi connectivity index (χ3v) is 2.59. The zero-order valence-electron chi connectivity index (χ0n) is 10.2. The van der Waals surface area contributed by atoms with E-state index in [9.17, 15) is 15.0 Å². The van der Waals surface area contributed by atoms with Gasteiger partial charge < -0.3 is 20.1 Å². The van der Waals surface area contributed by atoms with E-state index >= 15 is 0 Å². The molecule has 1 aromatic rings. The summed E-state index contributed by atoms with van der Waals surface area (Å²) in [7, 11) is 0. The largest absolute Gasteiger partial charge is 0.466 e. The van der Waals surface area contributed by atoms with E-state index in [-0.39, 0.29) is 19.6 Å². The highest BCUT2D eigenvalue weighted by molar-refractivity contribution is 5.70. The maximum Gasteiger partial charge on any atom is 0.308 e. The van der Waals surface area contributed by atoms with Crippen LogP contribution in [-0.4, -0.2) is 34.0 Å². The number of hydrogen-bond donors (Lipinski definition) is 3. The Labute approximate surface area is 106 Å².